The number of benzene rings is 1. The standard InChI is InChI=1S/C33H29ClF3N7O5/c34-21-14-18(33(35,36)37)3-4-22(21)39-24(46)16-43-27-19-15-20(19)32(7-10-42(11-8-32)30(48)26-23(45)2-1-9-38-26)25(27)29(47)44-31(43)40-28(41-44)17-5-12-49-13-6-17/h1-5,9,14,19-20,45H,6-8,10-13,15-16H2,(H,39,46). The minimum absolute atomic E-state index is 0.0136. The first-order valence-corrected chi connectivity index (χ1v) is 16.2. The highest BCUT2D eigenvalue weighted by molar-refractivity contribution is 6.33. The van der Waals surface area contributed by atoms with E-state index in [4.69, 9.17) is 21.3 Å². The van der Waals surface area contributed by atoms with Crippen LogP contribution < -0.4 is 10.9 Å². The molecule has 49 heavy (non-hydrogen) atoms. The van der Waals surface area contributed by atoms with Crippen LogP contribution in [0.25, 0.3) is 11.4 Å². The van der Waals surface area contributed by atoms with Crippen molar-refractivity contribution in [3.8, 4) is 5.75 Å². The zero-order valence-electron chi connectivity index (χ0n) is 25.8. The van der Waals surface area contributed by atoms with Gasteiger partial charge in [0.1, 0.15) is 12.3 Å². The number of nitrogens with zero attached hydrogens (tertiary/aromatic N) is 6. The van der Waals surface area contributed by atoms with Crippen LogP contribution in [0.4, 0.5) is 18.9 Å². The van der Waals surface area contributed by atoms with Gasteiger partial charge in [-0.25, -0.2) is 4.98 Å². The molecule has 2 atom stereocenters. The maximum atomic E-state index is 14.4. The number of likely N-dealkylation sites (tertiary alicyclic amines) is 1. The van der Waals surface area contributed by atoms with Crippen LogP contribution in [-0.2, 0) is 27.7 Å². The summed E-state index contributed by atoms with van der Waals surface area (Å²) >= 11 is 6.14. The zero-order chi connectivity index (χ0) is 34.2. The third-order valence-electron chi connectivity index (χ3n) is 10.2. The summed E-state index contributed by atoms with van der Waals surface area (Å²) in [5.41, 5.74) is 0.190. The topological polar surface area (TPSA) is 144 Å². The van der Waals surface area contributed by atoms with Gasteiger partial charge in [0.25, 0.3) is 11.5 Å². The van der Waals surface area contributed by atoms with Crippen molar-refractivity contribution >= 4 is 40.5 Å². The summed E-state index contributed by atoms with van der Waals surface area (Å²) in [4.78, 5) is 51.7. The summed E-state index contributed by atoms with van der Waals surface area (Å²) in [5.74, 6) is -0.557. The van der Waals surface area contributed by atoms with Crippen molar-refractivity contribution in [2.24, 2.45) is 5.92 Å². The van der Waals surface area contributed by atoms with Gasteiger partial charge < -0.3 is 24.6 Å². The van der Waals surface area contributed by atoms with E-state index in [1.165, 1.54) is 22.8 Å². The summed E-state index contributed by atoms with van der Waals surface area (Å²) in [6, 6.07) is 5.65. The van der Waals surface area contributed by atoms with Crippen LogP contribution in [0.2, 0.25) is 5.02 Å². The Labute approximate surface area is 281 Å². The summed E-state index contributed by atoms with van der Waals surface area (Å²) in [6.45, 7) is 1.21. The van der Waals surface area contributed by atoms with E-state index < -0.39 is 29.0 Å². The van der Waals surface area contributed by atoms with Gasteiger partial charge in [-0.05, 0) is 67.5 Å². The van der Waals surface area contributed by atoms with Crippen LogP contribution in [-0.4, -0.2) is 72.3 Å². The lowest BCUT2D eigenvalue weighted by Crippen LogP contribution is -2.48. The van der Waals surface area contributed by atoms with Crippen LogP contribution in [0.5, 0.6) is 5.75 Å². The largest absolute Gasteiger partial charge is 0.505 e. The molecular formula is C33H29ClF3N7O5. The fourth-order valence-electron chi connectivity index (χ4n) is 7.81. The van der Waals surface area contributed by atoms with Crippen molar-refractivity contribution in [2.45, 2.75) is 49.7 Å². The van der Waals surface area contributed by atoms with E-state index in [2.05, 4.69) is 15.4 Å². The maximum Gasteiger partial charge on any atom is 0.416 e. The number of nitrogens with one attached hydrogen (secondary N) is 1. The Kier molecular flexibility index (Phi) is 7.33. The molecule has 5 heterocycles. The van der Waals surface area contributed by atoms with Gasteiger partial charge in [0.2, 0.25) is 11.7 Å². The molecule has 0 radical (unpaired) electrons. The summed E-state index contributed by atoms with van der Waals surface area (Å²) in [7, 11) is 0. The molecule has 2 fully saturated rings. The molecule has 2 N–H and O–H groups in total. The quantitative estimate of drug-likeness (QED) is 0.313. The van der Waals surface area contributed by atoms with E-state index in [0.29, 0.717) is 62.6 Å². The number of carbonyl (C=O) groups is 2. The van der Waals surface area contributed by atoms with Crippen molar-refractivity contribution in [1.82, 2.24) is 29.0 Å². The molecule has 1 spiro atoms. The number of aromatic nitrogens is 5. The van der Waals surface area contributed by atoms with Gasteiger partial charge in [-0.15, -0.1) is 5.10 Å². The van der Waals surface area contributed by atoms with Crippen LogP contribution in [0, 0.1) is 5.92 Å². The number of halogens is 4. The number of hydrogen-bond donors (Lipinski definition) is 2. The molecule has 0 bridgehead atoms. The monoisotopic (exact) mass is 695 g/mol. The lowest BCUT2D eigenvalue weighted by molar-refractivity contribution is -0.137. The van der Waals surface area contributed by atoms with Gasteiger partial charge in [-0.1, -0.05) is 17.7 Å². The number of pyridine rings is 1. The average Bonchev–Trinajstić information content (AvgIpc) is 3.68. The van der Waals surface area contributed by atoms with Crippen molar-refractivity contribution in [2.75, 3.05) is 31.6 Å². The fourth-order valence-corrected chi connectivity index (χ4v) is 8.04. The molecule has 16 heteroatoms. The number of aromatic hydroxyl groups is 1. The fraction of sp³-hybridized carbons (Fsp3) is 0.394. The molecule has 254 valence electrons. The highest BCUT2D eigenvalue weighted by Crippen LogP contribution is 2.67. The predicted molar refractivity (Wildman–Crippen MR) is 169 cm³/mol. The van der Waals surface area contributed by atoms with Crippen LogP contribution in [0.1, 0.15) is 64.7 Å². The SMILES string of the molecule is O=C(Cn1c2c(c(=O)n3nc(C4=CCOCC4)nc13)C1(CCN(C(=O)c3ncccc3O)CC1)C1CC21)Nc1ccc(C(F)(F)F)cc1Cl. The van der Waals surface area contributed by atoms with Crippen molar-refractivity contribution in [1.29, 1.82) is 0 Å². The number of amides is 2. The van der Waals surface area contributed by atoms with Crippen LogP contribution in [0.15, 0.2) is 47.4 Å². The molecule has 4 aromatic rings. The second kappa shape index (κ2) is 11.4. The number of rotatable bonds is 5. The van der Waals surface area contributed by atoms with Gasteiger partial charge in [-0.3, -0.25) is 14.4 Å². The van der Waals surface area contributed by atoms with E-state index in [1.807, 2.05) is 6.08 Å². The summed E-state index contributed by atoms with van der Waals surface area (Å²) in [6.07, 6.45) is 0.996. The molecular weight excluding hydrogens is 667 g/mol. The number of hydrogen-bond acceptors (Lipinski definition) is 8. The van der Waals surface area contributed by atoms with E-state index in [1.54, 1.807) is 9.47 Å². The van der Waals surface area contributed by atoms with Crippen LogP contribution in [0.3, 0.4) is 0 Å². The molecule has 8 rings (SSSR count). The first-order chi connectivity index (χ1) is 23.5. The number of ether oxygens (including phenoxy) is 1. The Morgan fingerprint density at radius 1 is 1.18 bits per heavy atom. The molecule has 2 aliphatic carbocycles. The molecule has 2 amide bonds. The molecule has 2 unspecified atom stereocenters. The molecule has 3 aromatic heterocycles. The molecule has 4 aliphatic rings. The van der Waals surface area contributed by atoms with E-state index >= 15 is 0 Å². The first kappa shape index (κ1) is 31.5. The van der Waals surface area contributed by atoms with Crippen LogP contribution >= 0.6 is 11.6 Å². The maximum absolute atomic E-state index is 14.4. The number of alkyl halides is 3. The van der Waals surface area contributed by atoms with E-state index in [-0.39, 0.29) is 51.9 Å². The van der Waals surface area contributed by atoms with Crippen molar-refractivity contribution in [3.63, 3.8) is 0 Å². The Hall–Kier alpha value is -4.76. The molecule has 1 saturated heterocycles. The van der Waals surface area contributed by atoms with Gasteiger partial charge in [-0.2, -0.15) is 22.7 Å². The third-order valence-corrected chi connectivity index (χ3v) is 10.5. The third kappa shape index (κ3) is 5.17. The lowest BCUT2D eigenvalue weighted by atomic mass is 9.71. The lowest BCUT2D eigenvalue weighted by Gasteiger charge is -2.41. The number of piperidine rings is 1. The highest BCUT2D eigenvalue weighted by atomic mass is 35.5. The van der Waals surface area contributed by atoms with E-state index in [0.717, 1.165) is 30.2 Å². The highest BCUT2D eigenvalue weighted by Gasteiger charge is 2.64. The Morgan fingerprint density at radius 3 is 2.67 bits per heavy atom. The zero-order valence-corrected chi connectivity index (χ0v) is 26.6. The normalized spacial score (nSPS) is 21.0. The molecule has 2 aliphatic heterocycles. The molecule has 12 nitrogen and oxygen atoms in total. The second-order valence-corrected chi connectivity index (χ2v) is 13.3. The van der Waals surface area contributed by atoms with E-state index in [9.17, 15) is 32.7 Å². The Morgan fingerprint density at radius 2 is 1.98 bits per heavy atom. The number of fused-ring (bicyclic) bond motifs is 6. The average molecular weight is 696 g/mol. The Bertz CT molecular complexity index is 2140. The second-order valence-electron chi connectivity index (χ2n) is 12.9. The minimum atomic E-state index is -4.60. The number of carbonyl (C=O) groups excluding carboxylic acids is 2. The van der Waals surface area contributed by atoms with Crippen molar-refractivity contribution < 1.29 is 32.6 Å². The predicted octanol–water partition coefficient (Wildman–Crippen LogP) is 4.40. The first-order valence-electron chi connectivity index (χ1n) is 15.9. The van der Waals surface area contributed by atoms with Gasteiger partial charge in [0, 0.05) is 41.9 Å². The minimum Gasteiger partial charge on any atom is -0.505 e. The molecule has 1 aromatic carbocycles. The van der Waals surface area contributed by atoms with Gasteiger partial charge in [0.05, 0.1) is 29.5 Å². The molecule has 1 saturated carbocycles. The van der Waals surface area contributed by atoms with Crippen molar-refractivity contribution in [3.05, 3.63) is 86.3 Å². The van der Waals surface area contributed by atoms with Gasteiger partial charge >= 0.3 is 6.18 Å². The summed E-state index contributed by atoms with van der Waals surface area (Å²) in [5, 5.41) is 17.2. The number of anilines is 1. The van der Waals surface area contributed by atoms with Gasteiger partial charge in [0.15, 0.2) is 11.5 Å². The smallest absolute Gasteiger partial charge is 0.416 e. The summed E-state index contributed by atoms with van der Waals surface area (Å²) < 4.78 is 48.0. The Balaban J connectivity index is 1.17.